The molecule has 0 saturated heterocycles. The molecule has 0 aliphatic heterocycles. The molecule has 0 saturated carbocycles. The van der Waals surface area contributed by atoms with E-state index < -0.39 is 41.8 Å². The second-order valence-electron chi connectivity index (χ2n) is 6.85. The lowest BCUT2D eigenvalue weighted by Crippen LogP contribution is -2.55. The van der Waals surface area contributed by atoms with Crippen LogP contribution in [0.3, 0.4) is 0 Å². The molecule has 3 unspecified atom stereocenters. The topological polar surface area (TPSA) is 279 Å². The lowest BCUT2D eigenvalue weighted by Gasteiger charge is -2.23. The zero-order valence-corrected chi connectivity index (χ0v) is 18.0. The largest absolute Gasteiger partial charge is 0.480 e. The summed E-state index contributed by atoms with van der Waals surface area (Å²) < 4.78 is 0. The number of guanidine groups is 2. The highest BCUT2D eigenvalue weighted by Crippen LogP contribution is 2.04. The van der Waals surface area contributed by atoms with Crippen LogP contribution in [0.25, 0.3) is 0 Å². The van der Waals surface area contributed by atoms with Gasteiger partial charge in [0.15, 0.2) is 11.9 Å². The highest BCUT2D eigenvalue weighted by molar-refractivity contribution is 5.93. The molecule has 0 aromatic carbocycles. The first-order chi connectivity index (χ1) is 15.0. The fourth-order valence-electron chi connectivity index (χ4n) is 2.45. The average Bonchev–Trinajstić information content (AvgIpc) is 2.71. The minimum absolute atomic E-state index is 0.109. The molecule has 0 bridgehead atoms. The molecule has 0 aromatic rings. The number of carboxylic acid groups (broad SMARTS) is 1. The number of carboxylic acids is 1. The summed E-state index contributed by atoms with van der Waals surface area (Å²) in [5.41, 5.74) is 26.3. The maximum absolute atomic E-state index is 12.8. The third-order valence-electron chi connectivity index (χ3n) is 4.09. The summed E-state index contributed by atoms with van der Waals surface area (Å²) in [5, 5.41) is 16.3. The predicted octanol–water partition coefficient (Wildman–Crippen LogP) is -4.39. The fourth-order valence-corrected chi connectivity index (χ4v) is 2.45. The van der Waals surface area contributed by atoms with Crippen LogP contribution >= 0.6 is 0 Å². The van der Waals surface area contributed by atoms with Crippen molar-refractivity contribution < 1.29 is 24.3 Å². The summed E-state index contributed by atoms with van der Waals surface area (Å²) in [7, 11) is 0. The van der Waals surface area contributed by atoms with Crippen molar-refractivity contribution in [3.8, 4) is 0 Å². The maximum Gasteiger partial charge on any atom is 0.325 e. The molecule has 0 radical (unpaired) electrons. The Morgan fingerprint density at radius 2 is 1.25 bits per heavy atom. The number of hydrogen-bond acceptors (Lipinski definition) is 7. The van der Waals surface area contributed by atoms with E-state index in [1.54, 1.807) is 0 Å². The van der Waals surface area contributed by atoms with E-state index in [0.717, 1.165) is 0 Å². The van der Waals surface area contributed by atoms with Gasteiger partial charge in [0.25, 0.3) is 0 Å². The summed E-state index contributed by atoms with van der Waals surface area (Å²) in [5.74, 6) is -3.40. The highest BCUT2D eigenvalue weighted by atomic mass is 16.4. The molecule has 32 heavy (non-hydrogen) atoms. The lowest BCUT2D eigenvalue weighted by atomic mass is 10.1. The van der Waals surface area contributed by atoms with Gasteiger partial charge in [-0.2, -0.15) is 0 Å². The van der Waals surface area contributed by atoms with Crippen LogP contribution in [-0.4, -0.2) is 78.5 Å². The Morgan fingerprint density at radius 3 is 1.66 bits per heavy atom. The van der Waals surface area contributed by atoms with Gasteiger partial charge in [0.05, 0.1) is 6.54 Å². The molecule has 15 nitrogen and oxygen atoms in total. The summed E-state index contributed by atoms with van der Waals surface area (Å²) in [6.45, 7) is 1.37. The van der Waals surface area contributed by atoms with E-state index in [9.17, 15) is 19.2 Å². The predicted molar refractivity (Wildman–Crippen MR) is 118 cm³/mol. The van der Waals surface area contributed by atoms with Crippen molar-refractivity contribution in [3.05, 3.63) is 0 Å². The number of carbonyl (C=O) groups excluding carboxylic acids is 3. The monoisotopic (exact) mass is 458 g/mol. The normalized spacial score (nSPS) is 13.1. The number of nitrogens with zero attached hydrogens (tertiary/aromatic N) is 2. The van der Waals surface area contributed by atoms with Crippen LogP contribution in [0, 0.1) is 0 Å². The third kappa shape index (κ3) is 12.8. The van der Waals surface area contributed by atoms with Gasteiger partial charge in [-0.1, -0.05) is 0 Å². The zero-order chi connectivity index (χ0) is 24.7. The van der Waals surface area contributed by atoms with Crippen molar-refractivity contribution in [2.75, 3.05) is 19.6 Å². The van der Waals surface area contributed by atoms with Crippen molar-refractivity contribution in [2.45, 2.75) is 50.7 Å². The van der Waals surface area contributed by atoms with Crippen molar-refractivity contribution in [1.82, 2.24) is 16.0 Å². The SMILES string of the molecule is CC(NC(=O)C(CCCN=C(N)N)NC(=O)C(CCCN=C(N)N)NC(=O)CN)C(=O)O. The van der Waals surface area contributed by atoms with Crippen LogP contribution in [-0.2, 0) is 19.2 Å². The molecule has 14 N–H and O–H groups in total. The summed E-state index contributed by atoms with van der Waals surface area (Å²) in [4.78, 5) is 55.7. The molecule has 0 fully saturated rings. The van der Waals surface area contributed by atoms with Crippen LogP contribution in [0.1, 0.15) is 32.6 Å². The lowest BCUT2D eigenvalue weighted by molar-refractivity contribution is -0.141. The van der Waals surface area contributed by atoms with E-state index in [1.165, 1.54) is 6.92 Å². The van der Waals surface area contributed by atoms with Gasteiger partial charge in [-0.3, -0.25) is 29.2 Å². The minimum atomic E-state index is -1.24. The van der Waals surface area contributed by atoms with E-state index >= 15 is 0 Å². The molecule has 0 aliphatic rings. The van der Waals surface area contributed by atoms with Crippen molar-refractivity contribution >= 4 is 35.6 Å². The van der Waals surface area contributed by atoms with E-state index in [-0.39, 0.29) is 44.4 Å². The molecule has 0 spiro atoms. The summed E-state index contributed by atoms with van der Waals surface area (Å²) in [6, 6.07) is -3.27. The summed E-state index contributed by atoms with van der Waals surface area (Å²) >= 11 is 0. The van der Waals surface area contributed by atoms with E-state index in [0.29, 0.717) is 12.8 Å². The third-order valence-corrected chi connectivity index (χ3v) is 4.09. The Labute approximate surface area is 185 Å². The number of nitrogens with two attached hydrogens (primary N) is 5. The first-order valence-electron chi connectivity index (χ1n) is 9.91. The Morgan fingerprint density at radius 1 is 0.812 bits per heavy atom. The first-order valence-corrected chi connectivity index (χ1v) is 9.91. The Bertz CT molecular complexity index is 704. The van der Waals surface area contributed by atoms with Gasteiger partial charge < -0.3 is 49.7 Å². The number of rotatable bonds is 15. The quantitative estimate of drug-likeness (QED) is 0.0645. The van der Waals surface area contributed by atoms with Crippen LogP contribution in [0.2, 0.25) is 0 Å². The van der Waals surface area contributed by atoms with Crippen molar-refractivity contribution in [2.24, 2.45) is 38.7 Å². The zero-order valence-electron chi connectivity index (χ0n) is 18.0. The van der Waals surface area contributed by atoms with Crippen LogP contribution in [0.15, 0.2) is 9.98 Å². The van der Waals surface area contributed by atoms with E-state index in [2.05, 4.69) is 25.9 Å². The number of hydrogen-bond donors (Lipinski definition) is 9. The van der Waals surface area contributed by atoms with Gasteiger partial charge in [0.1, 0.15) is 18.1 Å². The number of nitrogens with one attached hydrogen (secondary N) is 3. The molecule has 0 aromatic heterocycles. The minimum Gasteiger partial charge on any atom is -0.480 e. The Kier molecular flexibility index (Phi) is 13.5. The number of aliphatic carboxylic acids is 1. The molecule has 3 atom stereocenters. The van der Waals surface area contributed by atoms with Gasteiger partial charge in [0, 0.05) is 13.1 Å². The van der Waals surface area contributed by atoms with E-state index in [4.69, 9.17) is 33.8 Å². The Hall–Kier alpha value is -3.62. The van der Waals surface area contributed by atoms with Crippen LogP contribution in [0.4, 0.5) is 0 Å². The number of aliphatic imine (C=N–C) groups is 2. The number of amides is 3. The average molecular weight is 459 g/mol. The van der Waals surface area contributed by atoms with Gasteiger partial charge in [-0.25, -0.2) is 0 Å². The molecule has 3 amide bonds. The van der Waals surface area contributed by atoms with Crippen LogP contribution in [0.5, 0.6) is 0 Å². The smallest absolute Gasteiger partial charge is 0.325 e. The second kappa shape index (κ2) is 15.2. The Balaban J connectivity index is 5.31. The molecular weight excluding hydrogens is 424 g/mol. The fraction of sp³-hybridized carbons (Fsp3) is 0.647. The van der Waals surface area contributed by atoms with E-state index in [1.807, 2.05) is 0 Å². The number of carbonyl (C=O) groups is 4. The van der Waals surface area contributed by atoms with Gasteiger partial charge >= 0.3 is 5.97 Å². The summed E-state index contributed by atoms with van der Waals surface area (Å²) in [6.07, 6.45) is 0.967. The molecular formula is C17H34N10O5. The molecule has 15 heteroatoms. The van der Waals surface area contributed by atoms with Crippen molar-refractivity contribution in [1.29, 1.82) is 0 Å². The van der Waals surface area contributed by atoms with Crippen molar-refractivity contribution in [3.63, 3.8) is 0 Å². The first kappa shape index (κ1) is 28.4. The standard InChI is InChI=1S/C17H34N10O5/c1-9(15(31)32)25-13(29)11(5-3-7-24-17(21)22)27-14(30)10(26-12(28)8-18)4-2-6-23-16(19)20/h9-11H,2-8,18H2,1H3,(H,25,29)(H,26,28)(H,27,30)(H,31,32)(H4,19,20,23)(H4,21,22,24). The molecule has 182 valence electrons. The molecule has 0 heterocycles. The van der Waals surface area contributed by atoms with Gasteiger partial charge in [-0.15, -0.1) is 0 Å². The van der Waals surface area contributed by atoms with Gasteiger partial charge in [0.2, 0.25) is 17.7 Å². The highest BCUT2D eigenvalue weighted by Gasteiger charge is 2.27. The molecule has 0 rings (SSSR count). The maximum atomic E-state index is 12.8. The van der Waals surface area contributed by atoms with Gasteiger partial charge in [-0.05, 0) is 32.6 Å². The molecule has 0 aliphatic carbocycles. The second-order valence-corrected chi connectivity index (χ2v) is 6.85. The van der Waals surface area contributed by atoms with Crippen LogP contribution < -0.4 is 44.6 Å².